The molecule has 0 aliphatic carbocycles. The van der Waals surface area contributed by atoms with Gasteiger partial charge >= 0.3 is 0 Å². The summed E-state index contributed by atoms with van der Waals surface area (Å²) in [7, 11) is -0.451. The molecule has 4 rings (SSSR count). The van der Waals surface area contributed by atoms with Crippen molar-refractivity contribution in [1.29, 1.82) is 0 Å². The fraction of sp³-hybridized carbons (Fsp3) is 0.270. The van der Waals surface area contributed by atoms with Crippen LogP contribution >= 0.6 is 8.46 Å². The summed E-state index contributed by atoms with van der Waals surface area (Å²) in [5.74, 6) is -1.01. The number of benzene rings is 4. The van der Waals surface area contributed by atoms with Gasteiger partial charge in [0.25, 0.3) is 0 Å². The molecule has 214 valence electrons. The van der Waals surface area contributed by atoms with Gasteiger partial charge in [-0.1, -0.05) is 47.5 Å². The summed E-state index contributed by atoms with van der Waals surface area (Å²) in [6, 6.07) is 12.9. The summed E-state index contributed by atoms with van der Waals surface area (Å²) in [5, 5.41) is 0.125. The zero-order valence-electron chi connectivity index (χ0n) is 26.1. The van der Waals surface area contributed by atoms with E-state index >= 15 is 0 Å². The first kappa shape index (κ1) is 30.9. The van der Waals surface area contributed by atoms with E-state index in [9.17, 15) is 18.9 Å². The van der Waals surface area contributed by atoms with Crippen LogP contribution in [0, 0.1) is 69.2 Å². The molecule has 0 fully saturated rings. The van der Waals surface area contributed by atoms with E-state index in [2.05, 4.69) is 0 Å². The van der Waals surface area contributed by atoms with Gasteiger partial charge < -0.3 is 0 Å². The fourth-order valence-corrected chi connectivity index (χ4v) is 6.75. The van der Waals surface area contributed by atoms with Crippen LogP contribution in [0.25, 0.3) is 0 Å². The monoisotopic (exact) mass is 576 g/mol. The average Bonchev–Trinajstić information content (AvgIpc) is 2.89. The summed E-state index contributed by atoms with van der Waals surface area (Å²) in [6.07, 6.45) is 0. The molecule has 0 N–H and O–H groups in total. The minimum Gasteiger partial charge on any atom is -0.289 e. The van der Waals surface area contributed by atoms with Crippen LogP contribution in [-0.4, -0.2) is 17.3 Å². The van der Waals surface area contributed by atoms with E-state index in [4.69, 9.17) is 0 Å². The van der Waals surface area contributed by atoms with Gasteiger partial charge in [0.1, 0.15) is 0 Å². The molecule has 0 amide bonds. The summed E-state index contributed by atoms with van der Waals surface area (Å²) in [5.41, 5.74) is 10.4. The number of hydrogen-bond acceptors (Lipinski definition) is 4. The summed E-state index contributed by atoms with van der Waals surface area (Å²) in [6.45, 7) is 19.0. The summed E-state index contributed by atoms with van der Waals surface area (Å²) < 4.78 is 12.8. The minimum absolute atomic E-state index is 0.0776. The molecular weight excluding hydrogens is 539 g/mol. The molecule has 0 heterocycles. The molecule has 4 nitrogen and oxygen atoms in total. The zero-order valence-corrected chi connectivity index (χ0v) is 27.0. The third kappa shape index (κ3) is 5.32. The van der Waals surface area contributed by atoms with Crippen LogP contribution in [0.4, 0.5) is 0 Å². The van der Waals surface area contributed by atoms with Crippen LogP contribution in [0.5, 0.6) is 0 Å². The molecule has 0 atom stereocenters. The van der Waals surface area contributed by atoms with Gasteiger partial charge in [0.15, 0.2) is 25.8 Å². The SMILES string of the molecule is Cc1cc(C)c(C(=O)c2cc(P=O)c(C(=O)c3ccc(C)c(C)c3C)c(C(=O)c3c(C)cc(C)cc3C)c2C)c(C)c1. The average molecular weight is 577 g/mol. The topological polar surface area (TPSA) is 68.3 Å². The maximum absolute atomic E-state index is 14.6. The lowest BCUT2D eigenvalue weighted by Gasteiger charge is -2.20. The van der Waals surface area contributed by atoms with E-state index < -0.39 is 8.46 Å². The second kappa shape index (κ2) is 11.7. The molecule has 4 aromatic rings. The van der Waals surface area contributed by atoms with Gasteiger partial charge in [-0.05, 0) is 120 Å². The molecule has 0 aliphatic heterocycles. The molecule has 0 aliphatic rings. The number of aryl methyl sites for hydroxylation is 7. The number of hydrogen-bond donors (Lipinski definition) is 0. The Morgan fingerprint density at radius 2 is 0.905 bits per heavy atom. The predicted molar refractivity (Wildman–Crippen MR) is 171 cm³/mol. The maximum atomic E-state index is 14.6. The van der Waals surface area contributed by atoms with Crippen LogP contribution in [0.15, 0.2) is 42.5 Å². The smallest absolute Gasteiger partial charge is 0.195 e. The lowest BCUT2D eigenvalue weighted by Crippen LogP contribution is -2.25. The van der Waals surface area contributed by atoms with Gasteiger partial charge in [0.05, 0.1) is 5.30 Å². The van der Waals surface area contributed by atoms with Gasteiger partial charge in [-0.25, -0.2) is 0 Å². The molecule has 0 spiro atoms. The van der Waals surface area contributed by atoms with Gasteiger partial charge in [-0.15, -0.1) is 0 Å². The van der Waals surface area contributed by atoms with E-state index in [1.165, 1.54) is 6.07 Å². The van der Waals surface area contributed by atoms with Crippen molar-refractivity contribution >= 4 is 31.1 Å². The van der Waals surface area contributed by atoms with Crippen molar-refractivity contribution in [2.24, 2.45) is 0 Å². The molecule has 0 radical (unpaired) electrons. The van der Waals surface area contributed by atoms with Crippen LogP contribution < -0.4 is 5.30 Å². The molecule has 0 bridgehead atoms. The first-order chi connectivity index (χ1) is 19.7. The molecule has 0 aromatic heterocycles. The summed E-state index contributed by atoms with van der Waals surface area (Å²) >= 11 is 0. The van der Waals surface area contributed by atoms with E-state index in [1.807, 2.05) is 92.6 Å². The van der Waals surface area contributed by atoms with Crippen molar-refractivity contribution < 1.29 is 18.9 Å². The standard InChI is InChI=1S/C37H37O4P/c1-18-13-21(4)31(22(5)14-18)36(39)29-17-30(42-41)34(35(38)28-12-11-20(3)25(8)26(28)9)33(27(29)10)37(40)32-23(6)15-19(2)16-24(32)7/h11-17H,1-10H3. The Morgan fingerprint density at radius 1 is 0.452 bits per heavy atom. The second-order valence-electron chi connectivity index (χ2n) is 11.6. The van der Waals surface area contributed by atoms with Crippen molar-refractivity contribution in [2.75, 3.05) is 0 Å². The number of rotatable bonds is 7. The zero-order chi connectivity index (χ0) is 31.2. The first-order valence-electron chi connectivity index (χ1n) is 14.1. The second-order valence-corrected chi connectivity index (χ2v) is 12.3. The first-order valence-corrected chi connectivity index (χ1v) is 14.9. The van der Waals surface area contributed by atoms with E-state index in [0.29, 0.717) is 22.3 Å². The fourth-order valence-electron chi connectivity index (χ4n) is 6.26. The Hall–Kier alpha value is -4.01. The lowest BCUT2D eigenvalue weighted by molar-refractivity contribution is 0.100. The van der Waals surface area contributed by atoms with E-state index in [-0.39, 0.29) is 39.3 Å². The molecule has 0 unspecified atom stereocenters. The van der Waals surface area contributed by atoms with Crippen molar-refractivity contribution in [3.63, 3.8) is 0 Å². The highest BCUT2D eigenvalue weighted by atomic mass is 31.1. The molecular formula is C37H37O4P. The molecule has 4 aromatic carbocycles. The van der Waals surface area contributed by atoms with Crippen LogP contribution in [0.3, 0.4) is 0 Å². The van der Waals surface area contributed by atoms with Gasteiger partial charge in [0, 0.05) is 33.4 Å². The van der Waals surface area contributed by atoms with E-state index in [0.717, 1.165) is 50.1 Å². The highest BCUT2D eigenvalue weighted by Crippen LogP contribution is 2.32. The van der Waals surface area contributed by atoms with Gasteiger partial charge in [-0.3, -0.25) is 18.9 Å². The quantitative estimate of drug-likeness (QED) is 0.164. The Morgan fingerprint density at radius 3 is 1.38 bits per heavy atom. The number of ketones is 3. The lowest BCUT2D eigenvalue weighted by atomic mass is 9.82. The molecule has 0 saturated heterocycles. The maximum Gasteiger partial charge on any atom is 0.195 e. The van der Waals surface area contributed by atoms with Gasteiger partial charge in [0.2, 0.25) is 0 Å². The highest BCUT2D eigenvalue weighted by Gasteiger charge is 2.32. The van der Waals surface area contributed by atoms with Crippen LogP contribution in [0.2, 0.25) is 0 Å². The highest BCUT2D eigenvalue weighted by molar-refractivity contribution is 7.34. The normalized spacial score (nSPS) is 11.2. The Bertz CT molecular complexity index is 1800. The molecule has 5 heteroatoms. The van der Waals surface area contributed by atoms with Crippen molar-refractivity contribution in [1.82, 2.24) is 0 Å². The molecule has 42 heavy (non-hydrogen) atoms. The number of carbonyl (C=O) groups excluding carboxylic acids is 3. The third-order valence-corrected chi connectivity index (χ3v) is 9.02. The van der Waals surface area contributed by atoms with Crippen LogP contribution in [0.1, 0.15) is 103 Å². The Balaban J connectivity index is 2.11. The summed E-state index contributed by atoms with van der Waals surface area (Å²) in [4.78, 5) is 43.1. The third-order valence-electron chi connectivity index (χ3n) is 8.47. The van der Waals surface area contributed by atoms with Crippen molar-refractivity contribution in [3.05, 3.63) is 131 Å². The van der Waals surface area contributed by atoms with Crippen molar-refractivity contribution in [2.45, 2.75) is 69.2 Å². The van der Waals surface area contributed by atoms with E-state index in [1.54, 1.807) is 13.0 Å². The van der Waals surface area contributed by atoms with Crippen molar-refractivity contribution in [3.8, 4) is 0 Å². The minimum atomic E-state index is -0.451. The Kier molecular flexibility index (Phi) is 8.62. The molecule has 0 saturated carbocycles. The van der Waals surface area contributed by atoms with Gasteiger partial charge in [-0.2, -0.15) is 0 Å². The number of carbonyl (C=O) groups is 3. The Labute approximate surface area is 250 Å². The van der Waals surface area contributed by atoms with Crippen LogP contribution in [-0.2, 0) is 4.57 Å². The largest absolute Gasteiger partial charge is 0.289 e. The predicted octanol–water partition coefficient (Wildman–Crippen LogP) is 8.38.